The van der Waals surface area contributed by atoms with E-state index in [9.17, 15) is 45.9 Å². The van der Waals surface area contributed by atoms with Gasteiger partial charge in [0.1, 0.15) is 12.1 Å². The number of carboxylic acids is 1. The quantitative estimate of drug-likeness (QED) is 0.381. The second-order valence-corrected chi connectivity index (χ2v) is 10.8. The third-order valence-corrected chi connectivity index (χ3v) is 7.50. The highest BCUT2D eigenvalue weighted by Crippen LogP contribution is 2.31. The zero-order chi connectivity index (χ0) is 28.8. The third-order valence-electron chi connectivity index (χ3n) is 5.98. The number of carboxylic acid groups (broad SMARTS) is 1. The van der Waals surface area contributed by atoms with E-state index < -0.39 is 87.3 Å². The third kappa shape index (κ3) is 8.15. The van der Waals surface area contributed by atoms with Gasteiger partial charge in [-0.2, -0.15) is 13.2 Å². The van der Waals surface area contributed by atoms with Gasteiger partial charge in [-0.1, -0.05) is 19.9 Å². The van der Waals surface area contributed by atoms with Crippen molar-refractivity contribution in [1.29, 1.82) is 0 Å². The lowest BCUT2D eigenvalue weighted by atomic mass is 9.95. The predicted octanol–water partition coefficient (Wildman–Crippen LogP) is 0.187. The first-order valence-electron chi connectivity index (χ1n) is 11.6. The van der Waals surface area contributed by atoms with Gasteiger partial charge in [0, 0.05) is 25.0 Å². The monoisotopic (exact) mass is 564 g/mol. The molecule has 1 saturated heterocycles. The molecule has 0 unspecified atom stereocenters. The molecule has 0 spiro atoms. The maximum Gasteiger partial charge on any atom is 0.416 e. The van der Waals surface area contributed by atoms with Crippen molar-refractivity contribution in [1.82, 2.24) is 14.9 Å². The zero-order valence-electron chi connectivity index (χ0n) is 20.9. The molecule has 2 N–H and O–H groups in total. The molecular weight excluding hydrogens is 535 g/mol. The zero-order valence-corrected chi connectivity index (χ0v) is 21.7. The van der Waals surface area contributed by atoms with Gasteiger partial charge in [-0.15, -0.1) is 0 Å². The fraction of sp³-hybridized carbons (Fsp3) is 0.565. The Morgan fingerprint density at radius 3 is 2.39 bits per heavy atom. The molecule has 1 aromatic rings. The fourth-order valence-corrected chi connectivity index (χ4v) is 5.30. The molecule has 3 atom stereocenters. The maximum atomic E-state index is 13.2. The number of ether oxygens (including phenoxy) is 1. The molecule has 0 aromatic heterocycles. The Morgan fingerprint density at radius 2 is 1.84 bits per heavy atom. The van der Waals surface area contributed by atoms with E-state index in [1.807, 2.05) is 0 Å². The number of hydrogen-bond acceptors (Lipinski definition) is 8. The van der Waals surface area contributed by atoms with Crippen LogP contribution in [0.1, 0.15) is 45.1 Å². The second-order valence-electron chi connectivity index (χ2n) is 9.10. The van der Waals surface area contributed by atoms with E-state index in [2.05, 4.69) is 10.0 Å². The lowest BCUT2D eigenvalue weighted by Crippen LogP contribution is -2.59. The Bertz CT molecular complexity index is 1160. The number of carbonyl (C=O) groups is 4. The average Bonchev–Trinajstić information content (AvgIpc) is 2.84. The van der Waals surface area contributed by atoms with E-state index in [0.29, 0.717) is 6.07 Å². The minimum atomic E-state index is -4.77. The van der Waals surface area contributed by atoms with Crippen LogP contribution < -0.4 is 15.1 Å². The molecule has 11 nitrogen and oxygen atoms in total. The van der Waals surface area contributed by atoms with Crippen molar-refractivity contribution >= 4 is 33.8 Å². The predicted molar refractivity (Wildman–Crippen MR) is 123 cm³/mol. The molecule has 0 radical (unpaired) electrons. The number of rotatable bonds is 10. The number of nitrogens with one attached hydrogen (secondary N) is 2. The van der Waals surface area contributed by atoms with Crippen molar-refractivity contribution in [2.75, 3.05) is 13.7 Å². The van der Waals surface area contributed by atoms with Crippen LogP contribution in [0.5, 0.6) is 0 Å². The number of alkyl halides is 3. The van der Waals surface area contributed by atoms with Gasteiger partial charge in [0.05, 0.1) is 17.6 Å². The molecule has 38 heavy (non-hydrogen) atoms. The summed E-state index contributed by atoms with van der Waals surface area (Å²) >= 11 is 0. The normalized spacial score (nSPS) is 19.1. The fourth-order valence-electron chi connectivity index (χ4n) is 3.97. The van der Waals surface area contributed by atoms with E-state index in [4.69, 9.17) is 4.74 Å². The number of sulfonamides is 1. The van der Waals surface area contributed by atoms with Crippen LogP contribution in [0.2, 0.25) is 0 Å². The number of nitrogens with zero attached hydrogens (tertiary/aromatic N) is 1. The highest BCUT2D eigenvalue weighted by Gasteiger charge is 2.39. The van der Waals surface area contributed by atoms with Crippen LogP contribution in [-0.4, -0.2) is 68.9 Å². The summed E-state index contributed by atoms with van der Waals surface area (Å²) in [6, 6.07) is -0.217. The van der Waals surface area contributed by atoms with Gasteiger partial charge in [-0.25, -0.2) is 17.9 Å². The molecule has 0 saturated carbocycles. The summed E-state index contributed by atoms with van der Waals surface area (Å²) < 4.78 is 71.9. The number of likely N-dealkylation sites (tertiary alicyclic amines) is 1. The molecule has 15 heteroatoms. The Balaban J connectivity index is 2.30. The van der Waals surface area contributed by atoms with Crippen molar-refractivity contribution in [2.45, 2.75) is 68.7 Å². The van der Waals surface area contributed by atoms with Crippen LogP contribution in [0.4, 0.5) is 13.2 Å². The Kier molecular flexibility index (Phi) is 10.3. The molecule has 1 aliphatic rings. The minimum Gasteiger partial charge on any atom is -0.550 e. The van der Waals surface area contributed by atoms with Crippen molar-refractivity contribution in [3.8, 4) is 0 Å². The SMILES string of the molecule is COC(=O)[C@H](NC(=O)[C@@H]1C[C@@H](NS(=O)(=O)c2cccc(C(F)(F)F)c2)CCN1C(=O)CCC(=O)[O-])C(C)C. The molecule has 0 aliphatic carbocycles. The van der Waals surface area contributed by atoms with Gasteiger partial charge in [-0.3, -0.25) is 9.59 Å². The van der Waals surface area contributed by atoms with Crippen LogP contribution in [0.15, 0.2) is 29.2 Å². The van der Waals surface area contributed by atoms with E-state index in [1.54, 1.807) is 13.8 Å². The van der Waals surface area contributed by atoms with E-state index >= 15 is 0 Å². The minimum absolute atomic E-state index is 0.0103. The molecule has 1 aliphatic heterocycles. The summed E-state index contributed by atoms with van der Waals surface area (Å²) in [7, 11) is -3.33. The number of piperidine rings is 1. The van der Waals surface area contributed by atoms with Crippen molar-refractivity contribution < 1.29 is 50.6 Å². The number of benzene rings is 1. The highest BCUT2D eigenvalue weighted by atomic mass is 32.2. The first-order valence-corrected chi connectivity index (χ1v) is 13.1. The van der Waals surface area contributed by atoms with Gasteiger partial charge < -0.3 is 24.9 Å². The van der Waals surface area contributed by atoms with E-state index in [1.165, 1.54) is 0 Å². The number of halogens is 3. The Morgan fingerprint density at radius 1 is 1.18 bits per heavy atom. The Hall–Kier alpha value is -3.20. The second kappa shape index (κ2) is 12.6. The molecule has 0 bridgehead atoms. The van der Waals surface area contributed by atoms with Crippen LogP contribution in [-0.2, 0) is 40.1 Å². The summed E-state index contributed by atoms with van der Waals surface area (Å²) in [4.78, 5) is 49.2. The van der Waals surface area contributed by atoms with Crippen molar-refractivity contribution in [3.05, 3.63) is 29.8 Å². The smallest absolute Gasteiger partial charge is 0.416 e. The van der Waals surface area contributed by atoms with Crippen LogP contribution in [0.3, 0.4) is 0 Å². The van der Waals surface area contributed by atoms with Crippen molar-refractivity contribution in [3.63, 3.8) is 0 Å². The topological polar surface area (TPSA) is 162 Å². The van der Waals surface area contributed by atoms with Gasteiger partial charge >= 0.3 is 12.1 Å². The number of hydrogen-bond donors (Lipinski definition) is 2. The van der Waals surface area contributed by atoms with Gasteiger partial charge in [0.2, 0.25) is 21.8 Å². The molecule has 212 valence electrons. The molecule has 2 rings (SSSR count). The number of methoxy groups -OCH3 is 1. The lowest BCUT2D eigenvalue weighted by molar-refractivity contribution is -0.305. The number of aliphatic carboxylic acids is 1. The van der Waals surface area contributed by atoms with Crippen LogP contribution >= 0.6 is 0 Å². The van der Waals surface area contributed by atoms with Crippen molar-refractivity contribution in [2.24, 2.45) is 5.92 Å². The molecule has 2 amide bonds. The summed E-state index contributed by atoms with van der Waals surface area (Å²) in [6.07, 6.45) is -6.14. The number of amides is 2. The molecule has 1 fully saturated rings. The molecular formula is C23H29F3N3O8S-. The Labute approximate surface area is 217 Å². The van der Waals surface area contributed by atoms with Crippen LogP contribution in [0.25, 0.3) is 0 Å². The van der Waals surface area contributed by atoms with E-state index in [0.717, 1.165) is 30.2 Å². The first kappa shape index (κ1) is 31.0. The lowest BCUT2D eigenvalue weighted by Gasteiger charge is -2.39. The maximum absolute atomic E-state index is 13.2. The number of carbonyl (C=O) groups excluding carboxylic acids is 4. The molecule has 1 aromatic carbocycles. The van der Waals surface area contributed by atoms with Gasteiger partial charge in [0.15, 0.2) is 0 Å². The standard InChI is InChI=1S/C23H30F3N3O8S/c1-13(2)20(22(34)37-3)27-21(33)17-12-15(9-10-29(17)18(30)7-8-19(31)32)28-38(35,36)16-6-4-5-14(11-16)23(24,25)26/h4-6,11,13,15,17,20,28H,7-10,12H2,1-3H3,(H,27,33)(H,31,32)/p-1/t15-,17-,20+/m0/s1. The summed E-state index contributed by atoms with van der Waals surface area (Å²) in [5.41, 5.74) is -1.16. The number of esters is 1. The molecule has 1 heterocycles. The highest BCUT2D eigenvalue weighted by molar-refractivity contribution is 7.89. The summed E-state index contributed by atoms with van der Waals surface area (Å²) in [5.74, 6) is -4.14. The summed E-state index contributed by atoms with van der Waals surface area (Å²) in [6.45, 7) is 3.11. The van der Waals surface area contributed by atoms with Gasteiger partial charge in [-0.05, 0) is 43.4 Å². The van der Waals surface area contributed by atoms with Gasteiger partial charge in [0.25, 0.3) is 0 Å². The largest absolute Gasteiger partial charge is 0.550 e. The van der Waals surface area contributed by atoms with Crippen LogP contribution in [0, 0.1) is 5.92 Å². The first-order chi connectivity index (χ1) is 17.6. The average molecular weight is 565 g/mol. The summed E-state index contributed by atoms with van der Waals surface area (Å²) in [5, 5.41) is 13.3. The van der Waals surface area contributed by atoms with E-state index in [-0.39, 0.29) is 19.4 Å².